The number of rotatable bonds is 6. The molecule has 3 heteroatoms. The van der Waals surface area contributed by atoms with Crippen molar-refractivity contribution in [2.45, 2.75) is 39.7 Å². The van der Waals surface area contributed by atoms with E-state index in [2.05, 4.69) is 5.32 Å². The van der Waals surface area contributed by atoms with Gasteiger partial charge >= 0.3 is 5.97 Å². The van der Waals surface area contributed by atoms with E-state index in [1.54, 1.807) is 0 Å². The van der Waals surface area contributed by atoms with Gasteiger partial charge in [-0.2, -0.15) is 0 Å². The Kier molecular flexibility index (Phi) is 6.76. The van der Waals surface area contributed by atoms with Gasteiger partial charge in [-0.1, -0.05) is 13.8 Å². The Morgan fingerprint density at radius 1 is 1.50 bits per heavy atom. The first-order chi connectivity index (χ1) is 5.70. The van der Waals surface area contributed by atoms with Crippen molar-refractivity contribution in [2.75, 3.05) is 13.1 Å². The van der Waals surface area contributed by atoms with Crippen LogP contribution in [0.5, 0.6) is 0 Å². The van der Waals surface area contributed by atoms with E-state index in [4.69, 9.17) is 4.74 Å². The summed E-state index contributed by atoms with van der Waals surface area (Å²) >= 11 is 0. The summed E-state index contributed by atoms with van der Waals surface area (Å²) in [5, 5.41) is 3.07. The third-order valence-electron chi connectivity index (χ3n) is 1.66. The third kappa shape index (κ3) is 6.16. The minimum Gasteiger partial charge on any atom is -0.463 e. The van der Waals surface area contributed by atoms with Gasteiger partial charge in [0.2, 0.25) is 0 Å². The maximum absolute atomic E-state index is 11.0. The maximum atomic E-state index is 11.0. The lowest BCUT2D eigenvalue weighted by atomic mass is 10.3. The van der Waals surface area contributed by atoms with Crippen LogP contribution in [0.2, 0.25) is 0 Å². The van der Waals surface area contributed by atoms with Gasteiger partial charge in [0.25, 0.3) is 0 Å². The molecule has 0 fully saturated rings. The van der Waals surface area contributed by atoms with Gasteiger partial charge in [0.05, 0.1) is 12.5 Å². The van der Waals surface area contributed by atoms with Crippen molar-refractivity contribution in [1.29, 1.82) is 0 Å². The zero-order valence-corrected chi connectivity index (χ0v) is 8.22. The van der Waals surface area contributed by atoms with Gasteiger partial charge in [0.15, 0.2) is 0 Å². The van der Waals surface area contributed by atoms with Gasteiger partial charge in [0.1, 0.15) is 0 Å². The van der Waals surface area contributed by atoms with E-state index in [0.29, 0.717) is 13.0 Å². The molecule has 0 bridgehead atoms. The Labute approximate surface area is 74.5 Å². The molecule has 0 aromatic rings. The summed E-state index contributed by atoms with van der Waals surface area (Å²) in [6.45, 7) is 7.54. The molecule has 0 saturated heterocycles. The molecular formula is C9H19NO2. The molecule has 0 amide bonds. The summed E-state index contributed by atoms with van der Waals surface area (Å²) in [6, 6.07) is 0. The largest absolute Gasteiger partial charge is 0.463 e. The first kappa shape index (κ1) is 11.4. The predicted molar refractivity (Wildman–Crippen MR) is 49.0 cm³/mol. The topological polar surface area (TPSA) is 38.3 Å². The van der Waals surface area contributed by atoms with Crippen LogP contribution in [0.1, 0.15) is 33.6 Å². The van der Waals surface area contributed by atoms with Gasteiger partial charge in [-0.3, -0.25) is 4.79 Å². The number of hydrogen-bond acceptors (Lipinski definition) is 3. The highest BCUT2D eigenvalue weighted by molar-refractivity contribution is 5.69. The number of esters is 1. The second kappa shape index (κ2) is 7.10. The van der Waals surface area contributed by atoms with Crippen molar-refractivity contribution in [3.05, 3.63) is 0 Å². The van der Waals surface area contributed by atoms with Crippen LogP contribution >= 0.6 is 0 Å². The highest BCUT2D eigenvalue weighted by atomic mass is 16.5. The summed E-state index contributed by atoms with van der Waals surface area (Å²) in [5.74, 6) is -0.106. The van der Waals surface area contributed by atoms with Crippen LogP contribution in [0.4, 0.5) is 0 Å². The standard InChI is InChI=1S/C9H19NO2/c1-4-8(3)12-9(11)6-7-10-5-2/h8,10H,4-7H2,1-3H3. The number of hydrogen-bond donors (Lipinski definition) is 1. The molecule has 3 nitrogen and oxygen atoms in total. The summed E-state index contributed by atoms with van der Waals surface area (Å²) in [6.07, 6.45) is 1.41. The lowest BCUT2D eigenvalue weighted by Crippen LogP contribution is -2.21. The molecule has 0 heterocycles. The van der Waals surface area contributed by atoms with E-state index < -0.39 is 0 Å². The number of carbonyl (C=O) groups excluding carboxylic acids is 1. The Morgan fingerprint density at radius 3 is 2.67 bits per heavy atom. The van der Waals surface area contributed by atoms with Crippen LogP contribution < -0.4 is 5.32 Å². The zero-order valence-electron chi connectivity index (χ0n) is 8.22. The highest BCUT2D eigenvalue weighted by Crippen LogP contribution is 1.97. The Hall–Kier alpha value is -0.570. The smallest absolute Gasteiger partial charge is 0.307 e. The lowest BCUT2D eigenvalue weighted by molar-refractivity contribution is -0.148. The van der Waals surface area contributed by atoms with E-state index in [9.17, 15) is 4.79 Å². The van der Waals surface area contributed by atoms with E-state index in [-0.39, 0.29) is 12.1 Å². The van der Waals surface area contributed by atoms with Crippen LogP contribution in [-0.2, 0) is 9.53 Å². The summed E-state index contributed by atoms with van der Waals surface area (Å²) in [5.41, 5.74) is 0. The van der Waals surface area contributed by atoms with Crippen molar-refractivity contribution in [1.82, 2.24) is 5.32 Å². The van der Waals surface area contributed by atoms with E-state index in [0.717, 1.165) is 13.0 Å². The van der Waals surface area contributed by atoms with E-state index >= 15 is 0 Å². The molecular weight excluding hydrogens is 154 g/mol. The van der Waals surface area contributed by atoms with Gasteiger partial charge in [-0.05, 0) is 19.9 Å². The average molecular weight is 173 g/mol. The van der Waals surface area contributed by atoms with Crippen molar-refractivity contribution in [3.63, 3.8) is 0 Å². The second-order valence-corrected chi connectivity index (χ2v) is 2.81. The fourth-order valence-corrected chi connectivity index (χ4v) is 0.734. The fourth-order valence-electron chi connectivity index (χ4n) is 0.734. The second-order valence-electron chi connectivity index (χ2n) is 2.81. The lowest BCUT2D eigenvalue weighted by Gasteiger charge is -2.10. The molecule has 0 aliphatic carbocycles. The minimum atomic E-state index is -0.106. The van der Waals surface area contributed by atoms with Gasteiger partial charge in [0, 0.05) is 6.54 Å². The SMILES string of the molecule is CCNCCC(=O)OC(C)CC. The fraction of sp³-hybridized carbons (Fsp3) is 0.889. The molecule has 0 aromatic carbocycles. The Balaban J connectivity index is 3.33. The van der Waals surface area contributed by atoms with Crippen molar-refractivity contribution in [3.8, 4) is 0 Å². The molecule has 0 spiro atoms. The molecule has 72 valence electrons. The molecule has 0 aromatic heterocycles. The minimum absolute atomic E-state index is 0.0547. The van der Waals surface area contributed by atoms with Crippen molar-refractivity contribution < 1.29 is 9.53 Å². The van der Waals surface area contributed by atoms with Crippen LogP contribution in [-0.4, -0.2) is 25.2 Å². The monoisotopic (exact) mass is 173 g/mol. The summed E-state index contributed by atoms with van der Waals surface area (Å²) in [4.78, 5) is 11.0. The normalized spacial score (nSPS) is 12.6. The molecule has 0 saturated carbocycles. The zero-order chi connectivity index (χ0) is 9.40. The van der Waals surface area contributed by atoms with E-state index in [1.165, 1.54) is 0 Å². The molecule has 0 rings (SSSR count). The quantitative estimate of drug-likeness (QED) is 0.486. The van der Waals surface area contributed by atoms with Crippen LogP contribution in [0.3, 0.4) is 0 Å². The molecule has 12 heavy (non-hydrogen) atoms. The number of carbonyl (C=O) groups is 1. The van der Waals surface area contributed by atoms with Gasteiger partial charge < -0.3 is 10.1 Å². The maximum Gasteiger partial charge on any atom is 0.307 e. The first-order valence-electron chi connectivity index (χ1n) is 4.60. The van der Waals surface area contributed by atoms with Crippen LogP contribution in [0.25, 0.3) is 0 Å². The summed E-state index contributed by atoms with van der Waals surface area (Å²) < 4.78 is 5.07. The van der Waals surface area contributed by atoms with Crippen molar-refractivity contribution >= 4 is 5.97 Å². The molecule has 1 N–H and O–H groups in total. The summed E-state index contributed by atoms with van der Waals surface area (Å²) in [7, 11) is 0. The van der Waals surface area contributed by atoms with Gasteiger partial charge in [-0.15, -0.1) is 0 Å². The number of nitrogens with one attached hydrogen (secondary N) is 1. The molecule has 1 unspecified atom stereocenters. The predicted octanol–water partition coefficient (Wildman–Crippen LogP) is 1.33. The van der Waals surface area contributed by atoms with Gasteiger partial charge in [-0.25, -0.2) is 0 Å². The van der Waals surface area contributed by atoms with Crippen molar-refractivity contribution in [2.24, 2.45) is 0 Å². The highest BCUT2D eigenvalue weighted by Gasteiger charge is 2.05. The van der Waals surface area contributed by atoms with Crippen LogP contribution in [0.15, 0.2) is 0 Å². The first-order valence-corrected chi connectivity index (χ1v) is 4.60. The number of ether oxygens (including phenoxy) is 1. The average Bonchev–Trinajstić information content (AvgIpc) is 2.05. The third-order valence-corrected chi connectivity index (χ3v) is 1.66. The molecule has 1 atom stereocenters. The Morgan fingerprint density at radius 2 is 2.17 bits per heavy atom. The molecule has 0 aliphatic rings. The van der Waals surface area contributed by atoms with E-state index in [1.807, 2.05) is 20.8 Å². The van der Waals surface area contributed by atoms with Crippen LogP contribution in [0, 0.1) is 0 Å². The molecule has 0 aliphatic heterocycles. The molecule has 0 radical (unpaired) electrons. The Bertz CT molecular complexity index is 126.